The standard InChI is InChI=1S/C13H19NO.C6H7.C2H7Si.2ClH.Zr/c1-8(2)10-6-5-7-11(9(3)4)12(10)13(14)15;1-6-4-2-3-5-6;1-3-2;;;/h5-9H,1-4H3,(H2,14,15);4-5H,2H2,1H3;3H,1-2H3;2*1H;/q;;;;;+3/p-3. The molecule has 0 unspecified atom stereocenters. The number of benzene rings is 1. The number of hydrogen-bond donors (Lipinski definition) is 1. The van der Waals surface area contributed by atoms with Gasteiger partial charge in [0.25, 0.3) is 0 Å². The molecule has 149 valence electrons. The van der Waals surface area contributed by atoms with Crippen molar-refractivity contribution in [3.05, 3.63) is 55.9 Å². The van der Waals surface area contributed by atoms with Crippen LogP contribution in [-0.2, 0) is 21.2 Å². The van der Waals surface area contributed by atoms with E-state index in [4.69, 9.17) is 0 Å². The number of hydrogen-bond acceptors (Lipinski definition) is 1. The first-order valence-corrected chi connectivity index (χ1v) is 19.0. The Kier molecular flexibility index (Phi) is 11.7. The molecule has 1 aromatic rings. The molecule has 27 heavy (non-hydrogen) atoms. The number of halogens is 2. The number of allylic oxidation sites excluding steroid dienone is 4. The Morgan fingerprint density at radius 2 is 1.59 bits per heavy atom. The number of nitrogens with one attached hydrogen (secondary N) is 1. The Bertz CT molecular complexity index is 688. The van der Waals surface area contributed by atoms with E-state index in [1.807, 2.05) is 0 Å². The molecule has 0 saturated carbocycles. The van der Waals surface area contributed by atoms with Gasteiger partial charge >= 0.3 is 163 Å². The monoisotopic (exact) mass is 502 g/mol. The van der Waals surface area contributed by atoms with Crippen LogP contribution in [0, 0.1) is 0 Å². The molecule has 0 fully saturated rings. The van der Waals surface area contributed by atoms with Crippen molar-refractivity contribution in [2.24, 2.45) is 0 Å². The summed E-state index contributed by atoms with van der Waals surface area (Å²) < 4.78 is 5.18. The molecule has 0 saturated heterocycles. The summed E-state index contributed by atoms with van der Waals surface area (Å²) in [5.41, 5.74) is 4.68. The minimum atomic E-state index is -2.05. The molecule has 0 heterocycles. The summed E-state index contributed by atoms with van der Waals surface area (Å²) in [6, 6.07) is 6.36. The van der Waals surface area contributed by atoms with E-state index < -0.39 is 27.1 Å². The molecule has 0 aliphatic heterocycles. The van der Waals surface area contributed by atoms with Crippen molar-refractivity contribution < 1.29 is 50.8 Å². The maximum absolute atomic E-state index is 13.4. The SMILES string of the molecule is CC1=CC[C]([Zr+2]([NH]C(=O)c2c(C(C)C)cccc2C(C)C)[SiH](C)C)=C1.[Cl-].[Cl-]. The minimum Gasteiger partial charge on any atom is -1.00 e. The first-order chi connectivity index (χ1) is 11.7. The van der Waals surface area contributed by atoms with E-state index in [-0.39, 0.29) is 30.7 Å². The third kappa shape index (κ3) is 6.70. The van der Waals surface area contributed by atoms with E-state index in [0.717, 1.165) is 12.0 Å². The molecule has 2 rings (SSSR count). The Labute approximate surface area is 186 Å². The van der Waals surface area contributed by atoms with Gasteiger partial charge in [-0.2, -0.15) is 0 Å². The summed E-state index contributed by atoms with van der Waals surface area (Å²) in [6.07, 6.45) is 5.72. The van der Waals surface area contributed by atoms with Gasteiger partial charge in [0.2, 0.25) is 0 Å². The molecule has 1 aromatic carbocycles. The second-order valence-corrected chi connectivity index (χ2v) is 26.4. The Balaban J connectivity index is 0.00000338. The van der Waals surface area contributed by atoms with Gasteiger partial charge in [-0.25, -0.2) is 0 Å². The summed E-state index contributed by atoms with van der Waals surface area (Å²) in [5.74, 6) is 0.0433. The van der Waals surface area contributed by atoms with Crippen LogP contribution in [-0.4, -0.2) is 11.8 Å². The fraction of sp³-hybridized carbons (Fsp3) is 0.476. The van der Waals surface area contributed by atoms with Gasteiger partial charge in [0.1, 0.15) is 0 Å². The van der Waals surface area contributed by atoms with Crippen molar-refractivity contribution in [3.8, 4) is 0 Å². The van der Waals surface area contributed by atoms with Crippen LogP contribution in [0.5, 0.6) is 0 Å². The second kappa shape index (κ2) is 11.8. The molecular formula is C21H32Cl2NOSiZr. The van der Waals surface area contributed by atoms with Crippen LogP contribution in [0.3, 0.4) is 0 Å². The molecule has 1 aliphatic rings. The van der Waals surface area contributed by atoms with E-state index in [1.54, 1.807) is 3.28 Å². The van der Waals surface area contributed by atoms with Crippen LogP contribution in [0.2, 0.25) is 13.1 Å². The zero-order valence-electron chi connectivity index (χ0n) is 17.5. The Morgan fingerprint density at radius 3 is 1.96 bits per heavy atom. The third-order valence-electron chi connectivity index (χ3n) is 4.82. The number of carbonyl (C=O) groups excluding carboxylic acids is 1. The first kappa shape index (κ1) is 26.9. The average molecular weight is 505 g/mol. The molecule has 1 amide bonds. The van der Waals surface area contributed by atoms with Crippen LogP contribution in [0.15, 0.2) is 39.2 Å². The first-order valence-electron chi connectivity index (χ1n) is 9.41. The quantitative estimate of drug-likeness (QED) is 0.517. The van der Waals surface area contributed by atoms with E-state index in [9.17, 15) is 4.79 Å². The fourth-order valence-corrected chi connectivity index (χ4v) is 17.1. The smallest absolute Gasteiger partial charge is 1.00 e. The van der Waals surface area contributed by atoms with E-state index in [1.165, 1.54) is 16.7 Å². The van der Waals surface area contributed by atoms with Gasteiger partial charge in [-0.05, 0) is 0 Å². The number of amides is 1. The van der Waals surface area contributed by atoms with Crippen LogP contribution in [0.25, 0.3) is 0 Å². The predicted molar refractivity (Wildman–Crippen MR) is 107 cm³/mol. The van der Waals surface area contributed by atoms with Crippen LogP contribution < -0.4 is 28.1 Å². The van der Waals surface area contributed by atoms with E-state index >= 15 is 0 Å². The van der Waals surface area contributed by atoms with Crippen molar-refractivity contribution in [3.63, 3.8) is 0 Å². The maximum Gasteiger partial charge on any atom is -1.00 e. The molecule has 1 aliphatic carbocycles. The number of carbonyl (C=O) groups is 1. The van der Waals surface area contributed by atoms with Crippen LogP contribution >= 0.6 is 0 Å². The topological polar surface area (TPSA) is 29.1 Å². The van der Waals surface area contributed by atoms with Crippen molar-refractivity contribution in [1.29, 1.82) is 0 Å². The van der Waals surface area contributed by atoms with Gasteiger partial charge < -0.3 is 24.8 Å². The predicted octanol–water partition coefficient (Wildman–Crippen LogP) is -0.578. The molecule has 0 aromatic heterocycles. The van der Waals surface area contributed by atoms with Crippen molar-refractivity contribution in [1.82, 2.24) is 3.26 Å². The summed E-state index contributed by atoms with van der Waals surface area (Å²) in [5, 5.41) is 0. The van der Waals surface area contributed by atoms with Gasteiger partial charge in [-0.1, -0.05) is 0 Å². The van der Waals surface area contributed by atoms with Crippen molar-refractivity contribution >= 4 is 11.8 Å². The minimum absolute atomic E-state index is 0. The Morgan fingerprint density at radius 1 is 1.07 bits per heavy atom. The number of rotatable bonds is 6. The molecular weight excluding hydrogens is 472 g/mol. The summed E-state index contributed by atoms with van der Waals surface area (Å²) >= 11 is -2.05. The molecule has 0 atom stereocenters. The molecule has 0 radical (unpaired) electrons. The fourth-order valence-electron chi connectivity index (χ4n) is 3.44. The summed E-state index contributed by atoms with van der Waals surface area (Å²) in [7, 11) is 0. The maximum atomic E-state index is 13.4. The van der Waals surface area contributed by atoms with Crippen molar-refractivity contribution in [2.75, 3.05) is 0 Å². The molecule has 1 N–H and O–H groups in total. The van der Waals surface area contributed by atoms with Gasteiger partial charge in [0, 0.05) is 0 Å². The summed E-state index contributed by atoms with van der Waals surface area (Å²) in [6.45, 7) is 15.7. The molecule has 0 bridgehead atoms. The zero-order valence-corrected chi connectivity index (χ0v) is 22.6. The molecule has 2 nitrogen and oxygen atoms in total. The average Bonchev–Trinajstić information content (AvgIpc) is 2.97. The van der Waals surface area contributed by atoms with E-state index in [2.05, 4.69) is 81.3 Å². The van der Waals surface area contributed by atoms with Crippen molar-refractivity contribution in [2.45, 2.75) is 66.0 Å². The Hall–Kier alpha value is -0.150. The third-order valence-corrected chi connectivity index (χ3v) is 21.3. The normalized spacial score (nSPS) is 13.1. The van der Waals surface area contributed by atoms with E-state index in [0.29, 0.717) is 11.8 Å². The van der Waals surface area contributed by atoms with Gasteiger partial charge in [0.05, 0.1) is 0 Å². The largest absolute Gasteiger partial charge is 1.00 e. The van der Waals surface area contributed by atoms with Crippen LogP contribution in [0.4, 0.5) is 0 Å². The van der Waals surface area contributed by atoms with Gasteiger partial charge in [-0.3, -0.25) is 0 Å². The molecule has 6 heteroatoms. The van der Waals surface area contributed by atoms with Gasteiger partial charge in [-0.15, -0.1) is 0 Å². The van der Waals surface area contributed by atoms with Crippen LogP contribution in [0.1, 0.15) is 74.4 Å². The molecule has 0 spiro atoms. The van der Waals surface area contributed by atoms with Gasteiger partial charge in [0.15, 0.2) is 0 Å². The second-order valence-electron chi connectivity index (χ2n) is 7.97. The summed E-state index contributed by atoms with van der Waals surface area (Å²) in [4.78, 5) is 13.4. The zero-order chi connectivity index (χ0) is 18.7.